The van der Waals surface area contributed by atoms with Gasteiger partial charge in [0, 0.05) is 12.2 Å². The largest absolute Gasteiger partial charge is 0.480 e. The van der Waals surface area contributed by atoms with Gasteiger partial charge in [-0.3, -0.25) is 0 Å². The second kappa shape index (κ2) is 4.23. The lowest BCUT2D eigenvalue weighted by molar-refractivity contribution is -0.138. The average molecular weight is 216 g/mol. The quantitative estimate of drug-likeness (QED) is 0.815. The fourth-order valence-corrected chi connectivity index (χ4v) is 2.06. The molecule has 0 radical (unpaired) electrons. The van der Waals surface area contributed by atoms with Crippen molar-refractivity contribution in [2.45, 2.75) is 18.9 Å². The Balaban J connectivity index is 2.23. The number of hydrogen-bond acceptors (Lipinski definition) is 3. The number of carboxylic acid groups (broad SMARTS) is 1. The number of aliphatic carboxylic acids is 1. The molecule has 1 aromatic carbocycles. The van der Waals surface area contributed by atoms with Crippen LogP contribution in [0.3, 0.4) is 0 Å². The lowest BCUT2D eigenvalue weighted by Crippen LogP contribution is -2.35. The molecule has 0 amide bonds. The molecule has 0 aromatic heterocycles. The summed E-state index contributed by atoms with van der Waals surface area (Å²) in [6, 6.07) is 8.66. The van der Waals surface area contributed by atoms with E-state index in [0.717, 1.165) is 18.7 Å². The van der Waals surface area contributed by atoms with Gasteiger partial charge >= 0.3 is 5.97 Å². The molecule has 0 saturated carbocycles. The highest BCUT2D eigenvalue weighted by molar-refractivity contribution is 5.79. The lowest BCUT2D eigenvalue weighted by Gasteiger charge is -2.23. The van der Waals surface area contributed by atoms with Gasteiger partial charge in [0.2, 0.25) is 0 Å². The molecule has 0 spiro atoms. The molecule has 2 rings (SSSR count). The maximum absolute atomic E-state index is 11.0. The van der Waals surface area contributed by atoms with Gasteiger partial charge in [-0.2, -0.15) is 5.26 Å². The van der Waals surface area contributed by atoms with Gasteiger partial charge in [-0.15, -0.1) is 0 Å². The maximum Gasteiger partial charge on any atom is 0.326 e. The maximum atomic E-state index is 11.0. The van der Waals surface area contributed by atoms with Crippen molar-refractivity contribution in [2.75, 3.05) is 11.4 Å². The topological polar surface area (TPSA) is 64.3 Å². The summed E-state index contributed by atoms with van der Waals surface area (Å²) in [7, 11) is 0. The molecule has 1 N–H and O–H groups in total. The average Bonchev–Trinajstić information content (AvgIpc) is 2.78. The molecule has 1 aliphatic rings. The summed E-state index contributed by atoms with van der Waals surface area (Å²) >= 11 is 0. The van der Waals surface area contributed by atoms with E-state index in [2.05, 4.69) is 0 Å². The summed E-state index contributed by atoms with van der Waals surface area (Å²) in [5.41, 5.74) is 1.47. The number of anilines is 1. The van der Waals surface area contributed by atoms with E-state index in [9.17, 15) is 4.79 Å². The molecule has 1 saturated heterocycles. The number of rotatable bonds is 2. The summed E-state index contributed by atoms with van der Waals surface area (Å²) in [6.45, 7) is 0.767. The van der Waals surface area contributed by atoms with Crippen molar-refractivity contribution in [3.8, 4) is 6.07 Å². The molecule has 0 bridgehead atoms. The fraction of sp³-hybridized carbons (Fsp3) is 0.333. The van der Waals surface area contributed by atoms with E-state index in [0.29, 0.717) is 12.0 Å². The van der Waals surface area contributed by atoms with E-state index in [1.165, 1.54) is 0 Å². The highest BCUT2D eigenvalue weighted by Gasteiger charge is 2.30. The van der Waals surface area contributed by atoms with Crippen LogP contribution in [0.4, 0.5) is 5.69 Å². The molecule has 82 valence electrons. The van der Waals surface area contributed by atoms with Crippen molar-refractivity contribution in [3.05, 3.63) is 29.8 Å². The Morgan fingerprint density at radius 2 is 2.12 bits per heavy atom. The van der Waals surface area contributed by atoms with E-state index in [-0.39, 0.29) is 0 Å². The monoisotopic (exact) mass is 216 g/mol. The summed E-state index contributed by atoms with van der Waals surface area (Å²) in [6.07, 6.45) is 1.59. The Bertz CT molecular complexity index is 433. The minimum atomic E-state index is -0.776. The highest BCUT2D eigenvalue weighted by atomic mass is 16.4. The molecule has 4 heteroatoms. The van der Waals surface area contributed by atoms with Gasteiger partial charge in [0.05, 0.1) is 11.6 Å². The number of hydrogen-bond donors (Lipinski definition) is 1. The first-order valence-electron chi connectivity index (χ1n) is 5.22. The third-order valence-electron chi connectivity index (χ3n) is 2.87. The van der Waals surface area contributed by atoms with Crippen LogP contribution in [0.25, 0.3) is 0 Å². The molecule has 1 fully saturated rings. The normalized spacial score (nSPS) is 19.4. The van der Waals surface area contributed by atoms with Crippen LogP contribution in [-0.4, -0.2) is 23.7 Å². The number of nitriles is 1. The number of nitrogens with zero attached hydrogens (tertiary/aromatic N) is 2. The molecule has 1 heterocycles. The predicted molar refractivity (Wildman–Crippen MR) is 59.2 cm³/mol. The third-order valence-corrected chi connectivity index (χ3v) is 2.87. The van der Waals surface area contributed by atoms with Crippen LogP contribution in [0.1, 0.15) is 18.4 Å². The lowest BCUT2D eigenvalue weighted by atomic mass is 10.2. The van der Waals surface area contributed by atoms with Crippen molar-refractivity contribution in [1.82, 2.24) is 0 Å². The minimum absolute atomic E-state index is 0.423. The van der Waals surface area contributed by atoms with Crippen molar-refractivity contribution < 1.29 is 9.90 Å². The summed E-state index contributed by atoms with van der Waals surface area (Å²) < 4.78 is 0. The van der Waals surface area contributed by atoms with Crippen molar-refractivity contribution in [1.29, 1.82) is 5.26 Å². The first-order chi connectivity index (χ1) is 7.72. The predicted octanol–water partition coefficient (Wildman–Crippen LogP) is 1.61. The van der Waals surface area contributed by atoms with Gasteiger partial charge in [-0.25, -0.2) is 4.79 Å². The zero-order chi connectivity index (χ0) is 11.5. The van der Waals surface area contributed by atoms with Crippen LogP contribution in [0, 0.1) is 11.3 Å². The van der Waals surface area contributed by atoms with E-state index >= 15 is 0 Å². The van der Waals surface area contributed by atoms with Crippen molar-refractivity contribution in [2.24, 2.45) is 0 Å². The summed E-state index contributed by atoms with van der Waals surface area (Å²) in [5, 5.41) is 17.7. The van der Waals surface area contributed by atoms with Gasteiger partial charge in [-0.1, -0.05) is 0 Å². The summed E-state index contributed by atoms with van der Waals surface area (Å²) in [5.74, 6) is -0.776. The first-order valence-corrected chi connectivity index (χ1v) is 5.22. The standard InChI is InChI=1S/C12H12N2O2/c13-8-9-3-5-10(6-4-9)14-7-1-2-11(14)12(15)16/h3-6,11H,1-2,7H2,(H,15,16)/t11-/m0/s1. The fourth-order valence-electron chi connectivity index (χ4n) is 2.06. The van der Waals surface area contributed by atoms with E-state index in [1.807, 2.05) is 11.0 Å². The zero-order valence-electron chi connectivity index (χ0n) is 8.76. The molecule has 1 atom stereocenters. The van der Waals surface area contributed by atoms with Crippen LogP contribution in [-0.2, 0) is 4.79 Å². The molecule has 16 heavy (non-hydrogen) atoms. The molecule has 0 aliphatic carbocycles. The SMILES string of the molecule is N#Cc1ccc(N2CCC[C@H]2C(=O)O)cc1. The van der Waals surface area contributed by atoms with E-state index in [1.54, 1.807) is 24.3 Å². The smallest absolute Gasteiger partial charge is 0.326 e. The van der Waals surface area contributed by atoms with Crippen LogP contribution >= 0.6 is 0 Å². The molecule has 1 aromatic rings. The molecular weight excluding hydrogens is 204 g/mol. The van der Waals surface area contributed by atoms with Gasteiger partial charge in [0.25, 0.3) is 0 Å². The van der Waals surface area contributed by atoms with Crippen LogP contribution in [0.2, 0.25) is 0 Å². The van der Waals surface area contributed by atoms with Gasteiger partial charge in [-0.05, 0) is 37.1 Å². The number of carboxylic acids is 1. The minimum Gasteiger partial charge on any atom is -0.480 e. The Hall–Kier alpha value is -2.02. The van der Waals surface area contributed by atoms with Gasteiger partial charge in [0.1, 0.15) is 6.04 Å². The molecule has 0 unspecified atom stereocenters. The molecular formula is C12H12N2O2. The van der Waals surface area contributed by atoms with Crippen molar-refractivity contribution in [3.63, 3.8) is 0 Å². The Morgan fingerprint density at radius 3 is 2.69 bits per heavy atom. The van der Waals surface area contributed by atoms with Crippen LogP contribution in [0.15, 0.2) is 24.3 Å². The Kier molecular flexibility index (Phi) is 2.78. The highest BCUT2D eigenvalue weighted by Crippen LogP contribution is 2.25. The van der Waals surface area contributed by atoms with E-state index < -0.39 is 12.0 Å². The van der Waals surface area contributed by atoms with Crippen molar-refractivity contribution >= 4 is 11.7 Å². The first kappa shape index (κ1) is 10.5. The van der Waals surface area contributed by atoms with Gasteiger partial charge < -0.3 is 10.0 Å². The zero-order valence-corrected chi connectivity index (χ0v) is 8.76. The Morgan fingerprint density at radius 1 is 1.44 bits per heavy atom. The number of carbonyl (C=O) groups is 1. The van der Waals surface area contributed by atoms with E-state index in [4.69, 9.17) is 10.4 Å². The second-order valence-corrected chi connectivity index (χ2v) is 3.85. The summed E-state index contributed by atoms with van der Waals surface area (Å²) in [4.78, 5) is 12.9. The molecule has 1 aliphatic heterocycles. The van der Waals surface area contributed by atoms with Gasteiger partial charge in [0.15, 0.2) is 0 Å². The van der Waals surface area contributed by atoms with Crippen LogP contribution in [0.5, 0.6) is 0 Å². The van der Waals surface area contributed by atoms with Crippen LogP contribution < -0.4 is 4.90 Å². The Labute approximate surface area is 93.7 Å². The molecule has 4 nitrogen and oxygen atoms in total. The second-order valence-electron chi connectivity index (χ2n) is 3.85. The number of benzene rings is 1. The third kappa shape index (κ3) is 1.84.